The van der Waals surface area contributed by atoms with Crippen molar-refractivity contribution in [2.24, 2.45) is 0 Å². The van der Waals surface area contributed by atoms with Gasteiger partial charge in [-0.2, -0.15) is 4.98 Å². The Morgan fingerprint density at radius 3 is 2.47 bits per heavy atom. The number of benzene rings is 2. The van der Waals surface area contributed by atoms with Crippen molar-refractivity contribution in [3.05, 3.63) is 53.7 Å². The Balaban J connectivity index is 1.31. The summed E-state index contributed by atoms with van der Waals surface area (Å²) in [5.41, 5.74) is 2.22. The number of anilines is 5. The van der Waals surface area contributed by atoms with Crippen LogP contribution in [-0.4, -0.2) is 68.2 Å². The molecule has 12 heteroatoms. The summed E-state index contributed by atoms with van der Waals surface area (Å²) in [7, 11) is -3.75. The van der Waals surface area contributed by atoms with E-state index < -0.39 is 10.0 Å². The average Bonchev–Trinajstić information content (AvgIpc) is 3.00. The number of hydrogen-bond acceptors (Lipinski definition) is 9. The van der Waals surface area contributed by atoms with Crippen molar-refractivity contribution in [3.8, 4) is 5.75 Å². The summed E-state index contributed by atoms with van der Waals surface area (Å²) in [4.78, 5) is 14.1. The minimum atomic E-state index is -3.75. The van der Waals surface area contributed by atoms with Crippen LogP contribution in [0.2, 0.25) is 5.02 Å². The highest BCUT2D eigenvalue weighted by Crippen LogP contribution is 2.35. The molecule has 0 spiro atoms. The van der Waals surface area contributed by atoms with Crippen molar-refractivity contribution < 1.29 is 13.2 Å². The van der Waals surface area contributed by atoms with Crippen LogP contribution < -0.4 is 25.0 Å². The molecule has 3 N–H and O–H groups in total. The average molecular weight is 628 g/mol. The third-order valence-electron chi connectivity index (χ3n) is 7.81. The van der Waals surface area contributed by atoms with Crippen molar-refractivity contribution in [3.63, 3.8) is 0 Å². The number of nitrogens with one attached hydrogen (secondary N) is 3. The fraction of sp³-hybridized carbons (Fsp3) is 0.484. The van der Waals surface area contributed by atoms with Gasteiger partial charge in [0.25, 0.3) is 0 Å². The molecule has 0 amide bonds. The molecule has 0 radical (unpaired) electrons. The molecule has 0 bridgehead atoms. The van der Waals surface area contributed by atoms with Gasteiger partial charge < -0.3 is 25.2 Å². The molecule has 2 aliphatic heterocycles. The zero-order valence-corrected chi connectivity index (χ0v) is 26.7. The second-order valence-corrected chi connectivity index (χ2v) is 13.4. The Kier molecular flexibility index (Phi) is 10.3. The largest absolute Gasteiger partial charge is 0.492 e. The monoisotopic (exact) mass is 627 g/mol. The lowest BCUT2D eigenvalue weighted by Gasteiger charge is -2.41. The van der Waals surface area contributed by atoms with Crippen LogP contribution in [0.15, 0.2) is 53.6 Å². The molecule has 43 heavy (non-hydrogen) atoms. The lowest BCUT2D eigenvalue weighted by molar-refractivity contribution is 0.141. The Labute approximate surface area is 260 Å². The number of halogens is 1. The lowest BCUT2D eigenvalue weighted by atomic mass is 9.99. The molecule has 2 fully saturated rings. The molecule has 232 valence electrons. The van der Waals surface area contributed by atoms with Crippen LogP contribution in [-0.2, 0) is 10.0 Å². The first-order chi connectivity index (χ1) is 20.7. The Morgan fingerprint density at radius 2 is 1.74 bits per heavy atom. The fourth-order valence-electron chi connectivity index (χ4n) is 5.80. The van der Waals surface area contributed by atoms with Gasteiger partial charge in [-0.05, 0) is 83.8 Å². The van der Waals surface area contributed by atoms with Gasteiger partial charge >= 0.3 is 0 Å². The molecule has 2 aromatic carbocycles. The number of piperidine rings is 2. The lowest BCUT2D eigenvalue weighted by Crippen LogP contribution is -2.46. The Bertz CT molecular complexity index is 1490. The number of hydrogen-bond donors (Lipinski definition) is 3. The summed E-state index contributed by atoms with van der Waals surface area (Å²) in [5, 5.41) is 6.59. The first-order valence-electron chi connectivity index (χ1n) is 15.2. The van der Waals surface area contributed by atoms with E-state index in [0.29, 0.717) is 30.0 Å². The van der Waals surface area contributed by atoms with Gasteiger partial charge in [-0.25, -0.2) is 18.1 Å². The van der Waals surface area contributed by atoms with Gasteiger partial charge in [0.15, 0.2) is 5.82 Å². The summed E-state index contributed by atoms with van der Waals surface area (Å²) >= 11 is 6.43. The Hall–Kier alpha value is -3.12. The van der Waals surface area contributed by atoms with Crippen LogP contribution in [0.1, 0.15) is 52.9 Å². The summed E-state index contributed by atoms with van der Waals surface area (Å²) in [6.45, 7) is 10.6. The van der Waals surface area contributed by atoms with E-state index in [1.54, 1.807) is 32.0 Å². The van der Waals surface area contributed by atoms with E-state index in [9.17, 15) is 8.42 Å². The maximum Gasteiger partial charge on any atom is 0.242 e. The SMILES string of the molecule is CCOc1cc(N2CCC(N3CCCCC3)CC2)ccc1Nc1ncc(Cl)c(Nc2ccccc2S(=O)(=O)NC(C)C)n1. The van der Waals surface area contributed by atoms with Gasteiger partial charge in [-0.1, -0.05) is 30.2 Å². The zero-order chi connectivity index (χ0) is 30.4. The number of para-hydroxylation sites is 1. The number of ether oxygens (including phenoxy) is 1. The number of aromatic nitrogens is 2. The molecule has 0 aliphatic carbocycles. The molecule has 3 heterocycles. The van der Waals surface area contributed by atoms with E-state index in [1.165, 1.54) is 57.5 Å². The number of nitrogens with zero attached hydrogens (tertiary/aromatic N) is 4. The molecule has 1 aromatic heterocycles. The van der Waals surface area contributed by atoms with E-state index in [1.807, 2.05) is 13.0 Å². The Morgan fingerprint density at radius 1 is 1.00 bits per heavy atom. The van der Waals surface area contributed by atoms with Gasteiger partial charge in [0.05, 0.1) is 24.2 Å². The molecule has 0 saturated carbocycles. The maximum absolute atomic E-state index is 12.9. The van der Waals surface area contributed by atoms with Crippen molar-refractivity contribution in [1.82, 2.24) is 19.6 Å². The molecule has 0 atom stereocenters. The zero-order valence-electron chi connectivity index (χ0n) is 25.1. The summed E-state index contributed by atoms with van der Waals surface area (Å²) in [5.74, 6) is 1.28. The number of sulfonamides is 1. The summed E-state index contributed by atoms with van der Waals surface area (Å²) < 4.78 is 34.5. The van der Waals surface area contributed by atoms with Crippen molar-refractivity contribution in [2.45, 2.75) is 69.9 Å². The molecular formula is C31H42ClN7O3S. The topological polar surface area (TPSA) is 112 Å². The fourth-order valence-corrected chi connectivity index (χ4v) is 7.35. The van der Waals surface area contributed by atoms with Crippen LogP contribution >= 0.6 is 11.6 Å². The van der Waals surface area contributed by atoms with E-state index in [0.717, 1.165) is 24.5 Å². The molecule has 10 nitrogen and oxygen atoms in total. The molecule has 5 rings (SSSR count). The summed E-state index contributed by atoms with van der Waals surface area (Å²) in [6, 6.07) is 13.2. The van der Waals surface area contributed by atoms with Gasteiger partial charge in [0, 0.05) is 36.9 Å². The molecule has 0 unspecified atom stereocenters. The molecular weight excluding hydrogens is 586 g/mol. The quantitative estimate of drug-likeness (QED) is 0.230. The van der Waals surface area contributed by atoms with E-state index >= 15 is 0 Å². The van der Waals surface area contributed by atoms with Crippen LogP contribution in [0.25, 0.3) is 0 Å². The highest BCUT2D eigenvalue weighted by molar-refractivity contribution is 7.89. The second-order valence-electron chi connectivity index (χ2n) is 11.3. The first-order valence-corrected chi connectivity index (χ1v) is 17.0. The first kappa shape index (κ1) is 31.3. The highest BCUT2D eigenvalue weighted by atomic mass is 35.5. The normalized spacial score (nSPS) is 16.8. The molecule has 2 aliphatic rings. The van der Waals surface area contributed by atoms with Gasteiger partial charge in [0.1, 0.15) is 15.7 Å². The van der Waals surface area contributed by atoms with Gasteiger partial charge in [-0.15, -0.1) is 0 Å². The van der Waals surface area contributed by atoms with Crippen molar-refractivity contribution in [2.75, 3.05) is 48.3 Å². The third-order valence-corrected chi connectivity index (χ3v) is 9.81. The van der Waals surface area contributed by atoms with E-state index in [4.69, 9.17) is 16.3 Å². The smallest absolute Gasteiger partial charge is 0.242 e. The number of rotatable bonds is 11. The van der Waals surface area contributed by atoms with Crippen LogP contribution in [0.5, 0.6) is 5.75 Å². The highest BCUT2D eigenvalue weighted by Gasteiger charge is 2.26. The molecule has 2 saturated heterocycles. The van der Waals surface area contributed by atoms with E-state index in [2.05, 4.69) is 47.3 Å². The van der Waals surface area contributed by atoms with Crippen molar-refractivity contribution in [1.29, 1.82) is 0 Å². The number of likely N-dealkylation sites (tertiary alicyclic amines) is 1. The van der Waals surface area contributed by atoms with E-state index in [-0.39, 0.29) is 21.8 Å². The maximum atomic E-state index is 12.9. The van der Waals surface area contributed by atoms with Gasteiger partial charge in [0.2, 0.25) is 16.0 Å². The standard InChI is InChI=1S/C31H42ClN7O3S/c1-4-42-28-20-24(39-18-14-23(15-19-39)38-16-8-5-9-17-38)12-13-26(28)35-31-33-21-25(32)30(36-31)34-27-10-6-7-11-29(27)43(40,41)37-22(2)3/h6-7,10-13,20-23,37H,4-5,8-9,14-19H2,1-3H3,(H2,33,34,35,36). The van der Waals surface area contributed by atoms with Gasteiger partial charge in [-0.3, -0.25) is 0 Å². The van der Waals surface area contributed by atoms with Crippen LogP contribution in [0, 0.1) is 0 Å². The van der Waals surface area contributed by atoms with Crippen LogP contribution in [0.3, 0.4) is 0 Å². The van der Waals surface area contributed by atoms with Crippen LogP contribution in [0.4, 0.5) is 28.8 Å². The molecule has 3 aromatic rings. The third kappa shape index (κ3) is 7.89. The predicted molar refractivity (Wildman–Crippen MR) is 174 cm³/mol. The predicted octanol–water partition coefficient (Wildman–Crippen LogP) is 6.16. The minimum Gasteiger partial charge on any atom is -0.492 e. The minimum absolute atomic E-state index is 0.0991. The second kappa shape index (κ2) is 14.1. The van der Waals surface area contributed by atoms with Crippen molar-refractivity contribution >= 4 is 50.5 Å². The summed E-state index contributed by atoms with van der Waals surface area (Å²) in [6.07, 6.45) is 7.85.